The summed E-state index contributed by atoms with van der Waals surface area (Å²) in [6.45, 7) is 1.86. The Morgan fingerprint density at radius 1 is 1.33 bits per heavy atom. The molecule has 0 unspecified atom stereocenters. The fourth-order valence-electron chi connectivity index (χ4n) is 1.10. The van der Waals surface area contributed by atoms with Gasteiger partial charge in [-0.05, 0) is 20.5 Å². The summed E-state index contributed by atoms with van der Waals surface area (Å²) in [6.07, 6.45) is -0.0214. The van der Waals surface area contributed by atoms with Crippen LogP contribution in [0.2, 0.25) is 0 Å². The van der Waals surface area contributed by atoms with E-state index in [9.17, 15) is 13.2 Å². The molecule has 0 saturated heterocycles. The van der Waals surface area contributed by atoms with E-state index in [2.05, 4.69) is 4.72 Å². The molecule has 8 heteroatoms. The number of carboxylic acid groups (broad SMARTS) is 1. The minimum absolute atomic E-state index is 0.117. The minimum atomic E-state index is -3.38. The van der Waals surface area contributed by atoms with Crippen LogP contribution < -0.4 is 4.72 Å². The molecule has 0 rings (SSSR count). The molecule has 0 radical (unpaired) electrons. The van der Waals surface area contributed by atoms with Gasteiger partial charge in [0.05, 0.1) is 19.0 Å². The predicted molar refractivity (Wildman–Crippen MR) is 68.0 cm³/mol. The van der Waals surface area contributed by atoms with Crippen LogP contribution in [-0.4, -0.2) is 70.5 Å². The lowest BCUT2D eigenvalue weighted by atomic mass is 10.3. The van der Waals surface area contributed by atoms with Gasteiger partial charge >= 0.3 is 5.97 Å². The maximum absolute atomic E-state index is 11.4. The highest BCUT2D eigenvalue weighted by Gasteiger charge is 2.10. The number of rotatable bonds is 11. The Morgan fingerprint density at radius 3 is 2.56 bits per heavy atom. The molecule has 0 amide bonds. The molecule has 0 aliphatic carbocycles. The zero-order valence-corrected chi connectivity index (χ0v) is 11.7. The number of nitrogens with zero attached hydrogens (tertiary/aromatic N) is 1. The van der Waals surface area contributed by atoms with Gasteiger partial charge in [-0.1, -0.05) is 0 Å². The standard InChI is InChI=1S/C10H22N2O5S/c1-12(2)6-8-17-7-5-11-18(15,16)9-3-4-10(13)14/h11H,3-9H2,1-2H3,(H,13,14). The first kappa shape index (κ1) is 17.3. The number of likely N-dealkylation sites (N-methyl/N-ethyl adjacent to an activating group) is 1. The molecule has 0 heterocycles. The minimum Gasteiger partial charge on any atom is -0.481 e. The van der Waals surface area contributed by atoms with E-state index in [0.717, 1.165) is 6.54 Å². The first-order valence-corrected chi connectivity index (χ1v) is 7.40. The lowest BCUT2D eigenvalue weighted by molar-refractivity contribution is -0.137. The topological polar surface area (TPSA) is 95.9 Å². The molecule has 0 atom stereocenters. The first-order valence-electron chi connectivity index (χ1n) is 5.75. The molecule has 0 aliphatic heterocycles. The van der Waals surface area contributed by atoms with E-state index in [1.807, 2.05) is 19.0 Å². The highest BCUT2D eigenvalue weighted by molar-refractivity contribution is 7.89. The summed E-state index contributed by atoms with van der Waals surface area (Å²) in [7, 11) is 0.466. The van der Waals surface area contributed by atoms with Crippen molar-refractivity contribution in [3.63, 3.8) is 0 Å². The number of carboxylic acids is 1. The number of aliphatic carboxylic acids is 1. The second kappa shape index (κ2) is 9.26. The van der Waals surface area contributed by atoms with Gasteiger partial charge in [0.1, 0.15) is 0 Å². The third-order valence-electron chi connectivity index (χ3n) is 2.05. The van der Waals surface area contributed by atoms with Gasteiger partial charge in [-0.2, -0.15) is 0 Å². The number of carbonyl (C=O) groups is 1. The zero-order chi connectivity index (χ0) is 14.0. The largest absolute Gasteiger partial charge is 0.481 e. The van der Waals surface area contributed by atoms with Crippen LogP contribution in [0, 0.1) is 0 Å². The van der Waals surface area contributed by atoms with Crippen LogP contribution in [0.15, 0.2) is 0 Å². The zero-order valence-electron chi connectivity index (χ0n) is 10.9. The molecule has 108 valence electrons. The van der Waals surface area contributed by atoms with Crippen molar-refractivity contribution in [2.75, 3.05) is 46.2 Å². The Labute approximate surface area is 108 Å². The maximum Gasteiger partial charge on any atom is 0.303 e. The summed E-state index contributed by atoms with van der Waals surface area (Å²) in [6, 6.07) is 0. The number of hydrogen-bond acceptors (Lipinski definition) is 5. The molecule has 2 N–H and O–H groups in total. The molecular weight excluding hydrogens is 260 g/mol. The van der Waals surface area contributed by atoms with Crippen LogP contribution in [0.1, 0.15) is 12.8 Å². The van der Waals surface area contributed by atoms with E-state index in [4.69, 9.17) is 9.84 Å². The summed E-state index contributed by atoms with van der Waals surface area (Å²) in [5.41, 5.74) is 0. The second-order valence-corrected chi connectivity index (χ2v) is 6.05. The van der Waals surface area contributed by atoms with Gasteiger partial charge in [0, 0.05) is 19.5 Å². The number of sulfonamides is 1. The third-order valence-corrected chi connectivity index (χ3v) is 3.53. The Morgan fingerprint density at radius 2 is 2.00 bits per heavy atom. The highest BCUT2D eigenvalue weighted by atomic mass is 32.2. The Hall–Kier alpha value is -0.700. The fourth-order valence-corrected chi connectivity index (χ4v) is 2.17. The van der Waals surface area contributed by atoms with Crippen LogP contribution in [0.25, 0.3) is 0 Å². The maximum atomic E-state index is 11.4. The monoisotopic (exact) mass is 282 g/mol. The van der Waals surface area contributed by atoms with Gasteiger partial charge < -0.3 is 14.7 Å². The highest BCUT2D eigenvalue weighted by Crippen LogP contribution is 1.94. The molecule has 0 aliphatic rings. The van der Waals surface area contributed by atoms with Crippen molar-refractivity contribution < 1.29 is 23.1 Å². The van der Waals surface area contributed by atoms with Gasteiger partial charge in [-0.15, -0.1) is 0 Å². The number of hydrogen-bond donors (Lipinski definition) is 2. The van der Waals surface area contributed by atoms with Crippen LogP contribution >= 0.6 is 0 Å². The lowest BCUT2D eigenvalue weighted by Crippen LogP contribution is -2.30. The summed E-state index contributed by atoms with van der Waals surface area (Å²) in [5.74, 6) is -1.16. The molecule has 7 nitrogen and oxygen atoms in total. The number of ether oxygens (including phenoxy) is 1. The van der Waals surface area contributed by atoms with E-state index >= 15 is 0 Å². The van der Waals surface area contributed by atoms with Crippen LogP contribution in [0.3, 0.4) is 0 Å². The van der Waals surface area contributed by atoms with Gasteiger partial charge in [-0.3, -0.25) is 4.79 Å². The molecule has 0 aromatic heterocycles. The molecule has 0 bridgehead atoms. The number of nitrogens with one attached hydrogen (secondary N) is 1. The fraction of sp³-hybridized carbons (Fsp3) is 0.900. The van der Waals surface area contributed by atoms with Gasteiger partial charge in [-0.25, -0.2) is 13.1 Å². The van der Waals surface area contributed by atoms with Crippen molar-refractivity contribution in [1.29, 1.82) is 0 Å². The van der Waals surface area contributed by atoms with Gasteiger partial charge in [0.2, 0.25) is 10.0 Å². The summed E-state index contributed by atoms with van der Waals surface area (Å²) >= 11 is 0. The molecule has 18 heavy (non-hydrogen) atoms. The summed E-state index contributed by atoms with van der Waals surface area (Å²) in [5, 5.41) is 8.39. The van der Waals surface area contributed by atoms with Crippen molar-refractivity contribution in [3.8, 4) is 0 Å². The molecule has 0 saturated carbocycles. The van der Waals surface area contributed by atoms with Crippen molar-refractivity contribution in [2.24, 2.45) is 0 Å². The van der Waals surface area contributed by atoms with E-state index in [1.54, 1.807) is 0 Å². The van der Waals surface area contributed by atoms with E-state index in [1.165, 1.54) is 0 Å². The van der Waals surface area contributed by atoms with Crippen LogP contribution in [-0.2, 0) is 19.6 Å². The summed E-state index contributed by atoms with van der Waals surface area (Å²) in [4.78, 5) is 12.2. The van der Waals surface area contributed by atoms with Gasteiger partial charge in [0.25, 0.3) is 0 Å². The van der Waals surface area contributed by atoms with Crippen molar-refractivity contribution in [3.05, 3.63) is 0 Å². The molecular formula is C10H22N2O5S. The van der Waals surface area contributed by atoms with Crippen LogP contribution in [0.4, 0.5) is 0 Å². The average molecular weight is 282 g/mol. The Balaban J connectivity index is 3.55. The first-order chi connectivity index (χ1) is 8.33. The predicted octanol–water partition coefficient (Wildman–Crippen LogP) is -0.651. The normalized spacial score (nSPS) is 11.9. The lowest BCUT2D eigenvalue weighted by Gasteiger charge is -2.10. The van der Waals surface area contributed by atoms with Crippen LogP contribution in [0.5, 0.6) is 0 Å². The molecule has 0 fully saturated rings. The average Bonchev–Trinajstić information content (AvgIpc) is 2.21. The van der Waals surface area contributed by atoms with Crippen molar-refractivity contribution >= 4 is 16.0 Å². The van der Waals surface area contributed by atoms with E-state index in [0.29, 0.717) is 13.2 Å². The van der Waals surface area contributed by atoms with Crippen molar-refractivity contribution in [2.45, 2.75) is 12.8 Å². The smallest absolute Gasteiger partial charge is 0.303 e. The third kappa shape index (κ3) is 11.8. The Kier molecular flexibility index (Phi) is 8.90. The van der Waals surface area contributed by atoms with Gasteiger partial charge in [0.15, 0.2) is 0 Å². The SMILES string of the molecule is CN(C)CCOCCNS(=O)(=O)CCCC(=O)O. The van der Waals surface area contributed by atoms with E-state index < -0.39 is 16.0 Å². The molecule has 0 aromatic rings. The molecule has 0 spiro atoms. The second-order valence-electron chi connectivity index (χ2n) is 4.13. The quantitative estimate of drug-likeness (QED) is 0.489. The Bertz CT molecular complexity index is 329. The molecule has 0 aromatic carbocycles. The van der Waals surface area contributed by atoms with E-state index in [-0.39, 0.29) is 25.1 Å². The van der Waals surface area contributed by atoms with Crippen molar-refractivity contribution in [1.82, 2.24) is 9.62 Å². The summed E-state index contributed by atoms with van der Waals surface area (Å²) < 4.78 is 30.4.